The third-order valence-corrected chi connectivity index (χ3v) is 9.04. The number of amides is 2. The number of anilines is 1. The van der Waals surface area contributed by atoms with Crippen molar-refractivity contribution >= 4 is 42.0 Å². The van der Waals surface area contributed by atoms with Crippen molar-refractivity contribution in [2.75, 3.05) is 4.90 Å². The van der Waals surface area contributed by atoms with E-state index in [4.69, 9.17) is 4.65 Å². The van der Waals surface area contributed by atoms with Gasteiger partial charge in [0, 0.05) is 18.3 Å². The van der Waals surface area contributed by atoms with Crippen molar-refractivity contribution in [3.63, 3.8) is 0 Å². The zero-order chi connectivity index (χ0) is 31.7. The summed E-state index contributed by atoms with van der Waals surface area (Å²) in [6.45, 7) is 2.07. The molecule has 2 aliphatic heterocycles. The van der Waals surface area contributed by atoms with Crippen LogP contribution in [0.1, 0.15) is 50.3 Å². The maximum absolute atomic E-state index is 14.0. The van der Waals surface area contributed by atoms with E-state index >= 15 is 0 Å². The molecule has 0 spiro atoms. The molecule has 2 fully saturated rings. The van der Waals surface area contributed by atoms with E-state index in [1.54, 1.807) is 30.5 Å². The van der Waals surface area contributed by atoms with Gasteiger partial charge < -0.3 is 14.8 Å². The van der Waals surface area contributed by atoms with Crippen LogP contribution in [-0.2, 0) is 14.2 Å². The minimum atomic E-state index is -1.12. The minimum absolute atomic E-state index is 0.159. The van der Waals surface area contributed by atoms with Gasteiger partial charge in [-0.05, 0) is 91.0 Å². The lowest BCUT2D eigenvalue weighted by molar-refractivity contribution is -0.384. The van der Waals surface area contributed by atoms with Gasteiger partial charge in [0.25, 0.3) is 5.69 Å². The van der Waals surface area contributed by atoms with E-state index in [0.717, 1.165) is 45.7 Å². The summed E-state index contributed by atoms with van der Waals surface area (Å²) in [4.78, 5) is 44.3. The Morgan fingerprint density at radius 2 is 1.93 bits per heavy atom. The number of nitro groups is 1. The van der Waals surface area contributed by atoms with Crippen LogP contribution in [0.2, 0.25) is 6.32 Å². The summed E-state index contributed by atoms with van der Waals surface area (Å²) in [5.74, 6) is -2.28. The number of nitro benzene ring substituents is 1. The zero-order valence-corrected chi connectivity index (χ0v) is 24.9. The van der Waals surface area contributed by atoms with Crippen LogP contribution < -0.4 is 4.90 Å². The Labute approximate surface area is 261 Å². The van der Waals surface area contributed by atoms with E-state index < -0.39 is 41.8 Å². The molecule has 11 heteroatoms. The fraction of sp³-hybridized carbons (Fsp3) is 0.324. The Hall–Kier alpha value is -4.61. The highest BCUT2D eigenvalue weighted by molar-refractivity contribution is 6.43. The standard InChI is InChI=1S/C34H34BN3O7/c1-2-7-23-18-27-32(34(41)37(33(27)40)24-9-6-10-25(19-24)38(43)44)28-20-35(42)45-30(31(23)28)14-13-22(29-12-3-4-15-36-29)16-21-8-5-11-26(39)17-21/h3-6,8-12,15-17,19,27-28,30,32,39,42H,2,7,13-14,18,20H2,1H3/b22-16-/t27-,28+,30-,32-/m1/s1. The average Bonchev–Trinajstić information content (AvgIpc) is 3.28. The lowest BCUT2D eigenvalue weighted by Crippen LogP contribution is -2.46. The maximum atomic E-state index is 14.0. The second kappa shape index (κ2) is 12.8. The van der Waals surface area contributed by atoms with E-state index in [2.05, 4.69) is 11.9 Å². The lowest BCUT2D eigenvalue weighted by Gasteiger charge is -2.43. The van der Waals surface area contributed by atoms with E-state index in [9.17, 15) is 29.8 Å². The fourth-order valence-electron chi connectivity index (χ4n) is 7.23. The number of imide groups is 1. The second-order valence-electron chi connectivity index (χ2n) is 11.9. The molecule has 230 valence electrons. The Morgan fingerprint density at radius 3 is 2.67 bits per heavy atom. The summed E-state index contributed by atoms with van der Waals surface area (Å²) in [6, 6.07) is 18.3. The van der Waals surface area contributed by atoms with Gasteiger partial charge in [0.05, 0.1) is 34.2 Å². The number of carbonyl (C=O) groups is 2. The maximum Gasteiger partial charge on any atom is 0.455 e. The molecule has 3 heterocycles. The number of hydrogen-bond donors (Lipinski definition) is 2. The van der Waals surface area contributed by atoms with Crippen LogP contribution >= 0.6 is 0 Å². The molecule has 1 aromatic heterocycles. The van der Waals surface area contributed by atoms with E-state index in [1.807, 2.05) is 30.3 Å². The first-order chi connectivity index (χ1) is 21.7. The number of non-ortho nitro benzene ring substituents is 1. The molecule has 6 rings (SSSR count). The van der Waals surface area contributed by atoms with Gasteiger partial charge in [0.1, 0.15) is 5.75 Å². The fourth-order valence-corrected chi connectivity index (χ4v) is 7.23. The summed E-state index contributed by atoms with van der Waals surface area (Å²) >= 11 is 0. The van der Waals surface area contributed by atoms with Gasteiger partial charge in [-0.1, -0.05) is 43.2 Å². The van der Waals surface area contributed by atoms with Crippen LogP contribution in [0.3, 0.4) is 0 Å². The molecule has 1 aliphatic carbocycles. The molecule has 3 aliphatic rings. The highest BCUT2D eigenvalue weighted by Gasteiger charge is 2.57. The normalized spacial score (nSPS) is 23.3. The quantitative estimate of drug-likeness (QED) is 0.102. The van der Waals surface area contributed by atoms with Gasteiger partial charge in [-0.3, -0.25) is 24.7 Å². The smallest absolute Gasteiger partial charge is 0.455 e. The molecular formula is C34H34BN3O7. The number of pyridine rings is 1. The van der Waals surface area contributed by atoms with E-state index in [1.165, 1.54) is 18.2 Å². The van der Waals surface area contributed by atoms with Crippen molar-refractivity contribution in [3.8, 4) is 5.75 Å². The van der Waals surface area contributed by atoms with Crippen LogP contribution in [0, 0.1) is 27.9 Å². The molecule has 2 amide bonds. The molecule has 45 heavy (non-hydrogen) atoms. The molecular weight excluding hydrogens is 573 g/mol. The molecule has 2 N–H and O–H groups in total. The SMILES string of the molecule is CCCC1=C2[C@@H](CC/C(=C/c3cccc(O)c3)c3ccccn3)OB(O)C[C@@H]2[C@@H]2C(=O)N(c3cccc([N+](=O)[O-])c3)C(=O)[C@@H]2C1. The number of rotatable bonds is 9. The van der Waals surface area contributed by atoms with Crippen molar-refractivity contribution < 1.29 is 29.3 Å². The van der Waals surface area contributed by atoms with Crippen LogP contribution in [-0.4, -0.2) is 45.1 Å². The number of phenols is 1. The van der Waals surface area contributed by atoms with Crippen molar-refractivity contribution in [3.05, 3.63) is 105 Å². The first-order valence-corrected chi connectivity index (χ1v) is 15.3. The number of carbonyl (C=O) groups excluding carboxylic acids is 2. The topological polar surface area (TPSA) is 143 Å². The Bertz CT molecular complexity index is 1690. The molecule has 0 bridgehead atoms. The van der Waals surface area contributed by atoms with E-state index in [0.29, 0.717) is 19.3 Å². The highest BCUT2D eigenvalue weighted by Crippen LogP contribution is 2.52. The molecule has 10 nitrogen and oxygen atoms in total. The molecule has 3 aromatic rings. The van der Waals surface area contributed by atoms with Gasteiger partial charge in [-0.25, -0.2) is 4.90 Å². The first-order valence-electron chi connectivity index (χ1n) is 15.3. The van der Waals surface area contributed by atoms with Crippen LogP contribution in [0.5, 0.6) is 5.75 Å². The number of nitrogens with zero attached hydrogens (tertiary/aromatic N) is 3. The number of allylic oxidation sites excluding steroid dienone is 2. The molecule has 0 unspecified atom stereocenters. The third-order valence-electron chi connectivity index (χ3n) is 9.04. The summed E-state index contributed by atoms with van der Waals surface area (Å²) in [5, 5.41) is 32.4. The summed E-state index contributed by atoms with van der Waals surface area (Å²) in [5.41, 5.74) is 4.59. The van der Waals surface area contributed by atoms with Crippen molar-refractivity contribution in [1.82, 2.24) is 4.98 Å². The number of fused-ring (bicyclic) bond motifs is 3. The predicted molar refractivity (Wildman–Crippen MR) is 170 cm³/mol. The average molecular weight is 607 g/mol. The van der Waals surface area contributed by atoms with Gasteiger partial charge in [-0.2, -0.15) is 0 Å². The minimum Gasteiger partial charge on any atom is -0.508 e. The molecule has 2 saturated heterocycles. The van der Waals surface area contributed by atoms with Crippen LogP contribution in [0.4, 0.5) is 11.4 Å². The third kappa shape index (κ3) is 6.05. The van der Waals surface area contributed by atoms with Gasteiger partial charge in [-0.15, -0.1) is 0 Å². The lowest BCUT2D eigenvalue weighted by atomic mass is 9.58. The Kier molecular flexibility index (Phi) is 8.64. The molecule has 0 saturated carbocycles. The molecule has 2 aromatic carbocycles. The number of benzene rings is 2. The van der Waals surface area contributed by atoms with Gasteiger partial charge >= 0.3 is 7.12 Å². The summed E-state index contributed by atoms with van der Waals surface area (Å²) in [7, 11) is -1.12. The number of aromatic nitrogens is 1. The van der Waals surface area contributed by atoms with Crippen molar-refractivity contribution in [2.45, 2.75) is 51.5 Å². The van der Waals surface area contributed by atoms with Gasteiger partial charge in [0.15, 0.2) is 0 Å². The number of phenolic OH excluding ortho intramolecular Hbond substituents is 1. The number of hydrogen-bond acceptors (Lipinski definition) is 8. The van der Waals surface area contributed by atoms with Crippen LogP contribution in [0.25, 0.3) is 11.6 Å². The Balaban J connectivity index is 1.33. The van der Waals surface area contributed by atoms with Crippen molar-refractivity contribution in [1.29, 1.82) is 0 Å². The highest BCUT2D eigenvalue weighted by atomic mass is 16.6. The monoisotopic (exact) mass is 607 g/mol. The summed E-state index contributed by atoms with van der Waals surface area (Å²) in [6.07, 6.45) is 6.44. The second-order valence-corrected chi connectivity index (χ2v) is 11.9. The molecule has 4 atom stereocenters. The van der Waals surface area contributed by atoms with Gasteiger partial charge in [0.2, 0.25) is 11.8 Å². The zero-order valence-electron chi connectivity index (χ0n) is 24.9. The Morgan fingerprint density at radius 1 is 1.11 bits per heavy atom. The molecule has 0 radical (unpaired) electrons. The number of aromatic hydroxyl groups is 1. The van der Waals surface area contributed by atoms with E-state index in [-0.39, 0.29) is 29.4 Å². The van der Waals surface area contributed by atoms with Crippen LogP contribution in [0.15, 0.2) is 84.1 Å². The first kappa shape index (κ1) is 30.4. The summed E-state index contributed by atoms with van der Waals surface area (Å²) < 4.78 is 6.18. The van der Waals surface area contributed by atoms with Crippen molar-refractivity contribution in [2.24, 2.45) is 17.8 Å². The predicted octanol–water partition coefficient (Wildman–Crippen LogP) is 5.82. The largest absolute Gasteiger partial charge is 0.508 e.